The summed E-state index contributed by atoms with van der Waals surface area (Å²) in [5.74, 6) is -1.98. The van der Waals surface area contributed by atoms with Crippen LogP contribution in [0.1, 0.15) is 76.8 Å². The lowest BCUT2D eigenvalue weighted by Gasteiger charge is -2.16. The van der Waals surface area contributed by atoms with Crippen LogP contribution in [0.4, 0.5) is 56.4 Å². The largest absolute Gasteiger partial charge is 0.462 e. The molecule has 678 valence electrons. The van der Waals surface area contributed by atoms with E-state index in [4.69, 9.17) is 4.74 Å². The van der Waals surface area contributed by atoms with Gasteiger partial charge >= 0.3 is 18.3 Å². The van der Waals surface area contributed by atoms with Crippen molar-refractivity contribution in [2.24, 2.45) is 0 Å². The normalized spacial score (nSPS) is 11.2. The smallest absolute Gasteiger partial charge is 0.417 e. The third-order valence-corrected chi connectivity index (χ3v) is 32.2. The number of benzene rings is 5. The number of rotatable bonds is 22. The van der Waals surface area contributed by atoms with Crippen LogP contribution < -0.4 is 26.6 Å². The van der Waals surface area contributed by atoms with Crippen molar-refractivity contribution in [3.63, 3.8) is 0 Å². The highest BCUT2D eigenvalue weighted by Gasteiger charge is 2.39. The molecule has 0 aliphatic heterocycles. The van der Waals surface area contributed by atoms with Crippen LogP contribution in [0.5, 0.6) is 0 Å². The van der Waals surface area contributed by atoms with E-state index in [0.717, 1.165) is 89.8 Å². The van der Waals surface area contributed by atoms with E-state index in [-0.39, 0.29) is 56.5 Å². The molecular weight excluding hydrogens is 2110 g/mol. The fourth-order valence-electron chi connectivity index (χ4n) is 11.7. The predicted molar refractivity (Wildman–Crippen MR) is 524 cm³/mol. The number of alkyl halides is 6. The number of anilines is 5. The van der Waals surface area contributed by atoms with Gasteiger partial charge in [-0.3, -0.25) is 75.5 Å². The number of carbonyl (C=O) groups excluding carboxylic acids is 6. The molecule has 0 atom stereocenters. The van der Waals surface area contributed by atoms with Gasteiger partial charge in [-0.25, -0.2) is 9.18 Å². The first kappa shape index (κ1) is 96.1. The van der Waals surface area contributed by atoms with Crippen LogP contribution in [0.25, 0.3) is 54.5 Å². The molecule has 5 amide bonds. The Morgan fingerprint density at radius 2 is 0.748 bits per heavy atom. The number of hydrogen-bond donors (Lipinski definition) is 5. The molecular formula is C85H50BrF7N20O7S15. The molecule has 5 aromatic carbocycles. The Hall–Kier alpha value is -12.0. The predicted octanol–water partition coefficient (Wildman–Crippen LogP) is 25.9. The number of thiophene rings is 5. The summed E-state index contributed by atoms with van der Waals surface area (Å²) in [6.45, 7) is 2.03. The number of pyridine rings is 5. The third-order valence-electron chi connectivity index (χ3n) is 17.4. The number of para-hydroxylation sites is 3. The molecule has 20 aromatic rings. The van der Waals surface area contributed by atoms with Gasteiger partial charge in [0, 0.05) is 86.9 Å². The molecule has 50 heteroatoms. The molecule has 0 saturated heterocycles. The lowest BCUT2D eigenvalue weighted by molar-refractivity contribution is -0.142. The average Bonchev–Trinajstić information content (AvgIpc) is 0.825. The molecule has 15 aromatic heterocycles. The quantitative estimate of drug-likeness (QED) is 0.0239. The van der Waals surface area contributed by atoms with Gasteiger partial charge in [0.05, 0.1) is 69.7 Å². The third kappa shape index (κ3) is 25.0. The fraction of sp³-hybridized carbons (Fsp3) is 0.0471. The minimum atomic E-state index is -5.04. The van der Waals surface area contributed by atoms with E-state index in [2.05, 4.69) is 118 Å². The van der Waals surface area contributed by atoms with Crippen LogP contribution in [-0.4, -0.2) is 118 Å². The van der Waals surface area contributed by atoms with Crippen molar-refractivity contribution in [1.29, 1.82) is 0 Å². The summed E-state index contributed by atoms with van der Waals surface area (Å²) in [6, 6.07) is 51.6. The first-order valence-electron chi connectivity index (χ1n) is 38.2. The van der Waals surface area contributed by atoms with Gasteiger partial charge in [0.15, 0.2) is 21.7 Å². The lowest BCUT2D eigenvalue weighted by Crippen LogP contribution is -2.12. The van der Waals surface area contributed by atoms with E-state index in [0.29, 0.717) is 81.0 Å². The molecule has 0 aliphatic carbocycles. The van der Waals surface area contributed by atoms with Gasteiger partial charge in [0.1, 0.15) is 11.3 Å². The summed E-state index contributed by atoms with van der Waals surface area (Å²) in [5, 5.41) is 68.1. The fourth-order valence-corrected chi connectivity index (χ4v) is 24.3. The van der Waals surface area contributed by atoms with Gasteiger partial charge in [-0.05, 0) is 137 Å². The summed E-state index contributed by atoms with van der Waals surface area (Å²) >= 11 is 22.8. The monoisotopic (exact) mass is 2150 g/mol. The number of esters is 1. The number of hydrogen-bond acceptors (Lipinski definition) is 37. The van der Waals surface area contributed by atoms with Gasteiger partial charge in [-0.1, -0.05) is 210 Å². The van der Waals surface area contributed by atoms with E-state index in [9.17, 15) is 59.5 Å². The summed E-state index contributed by atoms with van der Waals surface area (Å²) in [5.41, 5.74) is -0.0258. The van der Waals surface area contributed by atoms with Crippen molar-refractivity contribution in [3.05, 3.63) is 291 Å². The van der Waals surface area contributed by atoms with E-state index < -0.39 is 46.3 Å². The molecule has 0 fully saturated rings. The van der Waals surface area contributed by atoms with Crippen molar-refractivity contribution >= 4 is 304 Å². The van der Waals surface area contributed by atoms with E-state index >= 15 is 0 Å². The molecule has 135 heavy (non-hydrogen) atoms. The lowest BCUT2D eigenvalue weighted by atomic mass is 10.0. The highest BCUT2D eigenvalue weighted by Crippen LogP contribution is 2.47. The van der Waals surface area contributed by atoms with Gasteiger partial charge in [-0.2, -0.15) is 26.3 Å². The van der Waals surface area contributed by atoms with Crippen molar-refractivity contribution in [2.75, 3.05) is 33.2 Å². The summed E-state index contributed by atoms with van der Waals surface area (Å²) in [6.07, 6.45) is -2.25. The van der Waals surface area contributed by atoms with Crippen molar-refractivity contribution in [3.8, 4) is 0 Å². The highest BCUT2D eigenvalue weighted by molar-refractivity contribution is 9.10. The number of nitrogens with zero attached hydrogens (tertiary/aromatic N) is 15. The van der Waals surface area contributed by atoms with E-state index in [1.165, 1.54) is 167 Å². The van der Waals surface area contributed by atoms with E-state index in [1.807, 2.05) is 131 Å². The highest BCUT2D eigenvalue weighted by atomic mass is 79.9. The summed E-state index contributed by atoms with van der Waals surface area (Å²) in [7, 11) is 0. The minimum absolute atomic E-state index is 0.00309. The van der Waals surface area contributed by atoms with Crippen LogP contribution >= 0.6 is 188 Å². The Morgan fingerprint density at radius 1 is 0.370 bits per heavy atom. The number of halogens is 8. The van der Waals surface area contributed by atoms with Crippen LogP contribution in [0.2, 0.25) is 0 Å². The molecule has 0 saturated carbocycles. The molecule has 0 spiro atoms. The molecule has 0 radical (unpaired) electrons. The molecule has 20 rings (SSSR count). The topological polar surface area (TPSA) is 365 Å². The SMILES string of the molecule is CCOC(=O)c1cnc2ccccc2c1Sc1nnc(NC(=O)c2cccs2)s1.O=C(Nc1nnc(Sc2ccnc3c(F)cccc23)s1)c1cccs1.O=C(Nc1nnc(Sc2ccnc3cc(C(F)(F)F)cc(C(F)(F)F)c23)s1)c1cccs1.O=C(Nc1nnc(Sc2ccnc3ccc(Br)cc23)s1)c1cccs1.O=C(Nc1nnc(Sc2ccnc3ccccc23)s1)c1cccs1. The number of carbonyl (C=O) groups is 6. The Kier molecular flexibility index (Phi) is 31.8. The second kappa shape index (κ2) is 44.7. The second-order valence-electron chi connectivity index (χ2n) is 26.2. The van der Waals surface area contributed by atoms with Gasteiger partial charge in [0.2, 0.25) is 25.7 Å². The number of amides is 5. The summed E-state index contributed by atoms with van der Waals surface area (Å²) in [4.78, 5) is 100. The van der Waals surface area contributed by atoms with Crippen LogP contribution in [0.3, 0.4) is 0 Å². The zero-order chi connectivity index (χ0) is 94.1. The minimum Gasteiger partial charge on any atom is -0.462 e. The maximum Gasteiger partial charge on any atom is 0.417 e. The Morgan fingerprint density at radius 3 is 1.18 bits per heavy atom. The van der Waals surface area contributed by atoms with Gasteiger partial charge in [-0.15, -0.1) is 108 Å². The number of aromatic nitrogens is 15. The Bertz CT molecular complexity index is 7530. The molecule has 5 N–H and O–H groups in total. The molecule has 0 aliphatic rings. The molecule has 0 bridgehead atoms. The zero-order valence-corrected chi connectivity index (χ0v) is 81.3. The average molecular weight is 2160 g/mol. The maximum absolute atomic E-state index is 13.8. The molecule has 0 unspecified atom stereocenters. The standard InChI is InChI=1S/C19H14N4O3S3.C18H8F6N4OS3.C16H9BrN4OS3.C16H9FN4OS3.C16H10N4OS3/c1-2-26-17(25)12-10-20-13-7-4-3-6-11(13)15(12)28-19-23-22-18(29-19)21-16(24)14-8-5-9-27-14;19-17(20,21)8-6-9(18(22,23)24)13-10(7-8)25-4-3-11(13)31-16-28-27-15(32-16)26-14(29)12-2-1-5-30-12;17-9-3-4-11-10(8-9)12(5-6-18-11)24-16-21-20-15(25-16)19-14(22)13-2-1-7-23-13;17-10-4-1-3-9-11(6-7-18-13(9)10)24-16-21-20-15(25-16)19-14(22)12-5-2-8-23-12;21-14(13-6-3-9-22-13)18-15-19-20-16(24-15)23-12-7-8-17-11-5-2-1-4-10(11)12/h3-10H,2H2,1H3,(H,21,22,24);1-7H,(H,26,27,29);2*1-8H,(H,19,20,22);1-9H,(H,18,19,21). The van der Waals surface area contributed by atoms with Crippen LogP contribution in [0, 0.1) is 5.82 Å². The number of nitrogens with one attached hydrogen (secondary N) is 5. The van der Waals surface area contributed by atoms with Crippen LogP contribution in [-0.2, 0) is 17.1 Å². The van der Waals surface area contributed by atoms with Crippen LogP contribution in [0.15, 0.2) is 291 Å². The van der Waals surface area contributed by atoms with Crippen molar-refractivity contribution < 1.29 is 64.2 Å². The van der Waals surface area contributed by atoms with Crippen molar-refractivity contribution in [2.45, 2.75) is 65.5 Å². The first-order chi connectivity index (χ1) is 65.4. The molecule has 27 nitrogen and oxygen atoms in total. The Balaban J connectivity index is 0.000000123. The molecule has 15 heterocycles. The van der Waals surface area contributed by atoms with E-state index in [1.54, 1.807) is 79.4 Å². The maximum atomic E-state index is 13.8. The first-order valence-corrected chi connectivity index (χ1v) is 51.6. The van der Waals surface area contributed by atoms with Gasteiger partial charge < -0.3 is 4.74 Å². The Labute approximate surface area is 825 Å². The number of ether oxygens (including phenoxy) is 1. The second-order valence-corrected chi connectivity index (χ2v) is 43.2. The van der Waals surface area contributed by atoms with Crippen molar-refractivity contribution in [1.82, 2.24) is 75.9 Å². The zero-order valence-electron chi connectivity index (χ0n) is 67.5. The number of fused-ring (bicyclic) bond motifs is 5. The van der Waals surface area contributed by atoms with Gasteiger partial charge in [0.25, 0.3) is 29.5 Å². The summed E-state index contributed by atoms with van der Waals surface area (Å²) < 4.78 is 103.